The van der Waals surface area contributed by atoms with Gasteiger partial charge in [-0.05, 0) is 105 Å². The Morgan fingerprint density at radius 3 is 1.03 bits per heavy atom. The summed E-state index contributed by atoms with van der Waals surface area (Å²) in [6.45, 7) is 0. The maximum absolute atomic E-state index is 5.91. The van der Waals surface area contributed by atoms with Gasteiger partial charge in [0.1, 0.15) is 34.5 Å². The smallest absolute Gasteiger partial charge is 0.141 e. The van der Waals surface area contributed by atoms with E-state index in [9.17, 15) is 0 Å². The van der Waals surface area contributed by atoms with Crippen LogP contribution in [0.2, 0.25) is 0 Å². The number of para-hydroxylation sites is 2. The van der Waals surface area contributed by atoms with Crippen molar-refractivity contribution < 1.29 is 14.2 Å². The molecule has 0 saturated heterocycles. The zero-order valence-electron chi connectivity index (χ0n) is 15.2. The molecule has 0 unspecified atom stereocenters. The molecule has 5 heteroatoms. The van der Waals surface area contributed by atoms with Gasteiger partial charge in [0.2, 0.25) is 0 Å². The van der Waals surface area contributed by atoms with Crippen LogP contribution in [-0.2, 0) is 0 Å². The summed E-state index contributed by atoms with van der Waals surface area (Å²) >= 11 is 6.96. The van der Waals surface area contributed by atoms with Crippen LogP contribution < -0.4 is 14.2 Å². The normalized spacial score (nSPS) is 10.4. The van der Waals surface area contributed by atoms with Crippen LogP contribution in [0.1, 0.15) is 0 Å². The molecule has 0 fully saturated rings. The monoisotopic (exact) mass is 510 g/mol. The maximum atomic E-state index is 5.91. The molecular formula is C24H16Br2O3. The summed E-state index contributed by atoms with van der Waals surface area (Å²) in [7, 11) is 0. The van der Waals surface area contributed by atoms with E-state index in [0.717, 1.165) is 43.4 Å². The van der Waals surface area contributed by atoms with Crippen molar-refractivity contribution in [1.82, 2.24) is 0 Å². The van der Waals surface area contributed by atoms with Gasteiger partial charge in [-0.3, -0.25) is 0 Å². The number of benzene rings is 4. The molecule has 0 amide bonds. The van der Waals surface area contributed by atoms with Crippen LogP contribution in [0, 0.1) is 0 Å². The average Bonchev–Trinajstić information content (AvgIpc) is 2.74. The zero-order chi connectivity index (χ0) is 20.1. The lowest BCUT2D eigenvalue weighted by Crippen LogP contribution is -1.88. The minimum atomic E-state index is 0.726. The highest BCUT2D eigenvalue weighted by Crippen LogP contribution is 2.33. The van der Waals surface area contributed by atoms with Crippen molar-refractivity contribution in [3.05, 3.63) is 106 Å². The lowest BCUT2D eigenvalue weighted by molar-refractivity contribution is 0.462. The van der Waals surface area contributed by atoms with Crippen molar-refractivity contribution in [3.8, 4) is 34.5 Å². The summed E-state index contributed by atoms with van der Waals surface area (Å²) in [5, 5.41) is 0. The van der Waals surface area contributed by atoms with Crippen LogP contribution in [0.15, 0.2) is 106 Å². The highest BCUT2D eigenvalue weighted by atomic mass is 79.9. The Morgan fingerprint density at radius 1 is 0.379 bits per heavy atom. The molecule has 0 atom stereocenters. The van der Waals surface area contributed by atoms with Crippen LogP contribution in [-0.4, -0.2) is 0 Å². The molecule has 144 valence electrons. The molecule has 0 bridgehead atoms. The first-order valence-corrected chi connectivity index (χ1v) is 10.5. The standard InChI is InChI=1S/C24H16Br2O3/c25-21-5-1-3-7-23(21)28-19-13-9-17(10-14-19)27-18-11-15-20(16-12-18)29-24-8-4-2-6-22(24)26/h1-16H. The molecule has 0 spiro atoms. The molecule has 0 aliphatic rings. The fourth-order valence-corrected chi connectivity index (χ4v) is 3.33. The van der Waals surface area contributed by atoms with Gasteiger partial charge in [0.15, 0.2) is 0 Å². The molecule has 0 saturated carbocycles. The van der Waals surface area contributed by atoms with E-state index >= 15 is 0 Å². The van der Waals surface area contributed by atoms with Crippen LogP contribution in [0.3, 0.4) is 0 Å². The lowest BCUT2D eigenvalue weighted by Gasteiger charge is -2.10. The van der Waals surface area contributed by atoms with Gasteiger partial charge in [0.05, 0.1) is 8.95 Å². The molecule has 4 aromatic carbocycles. The van der Waals surface area contributed by atoms with E-state index in [1.54, 1.807) is 0 Å². The summed E-state index contributed by atoms with van der Waals surface area (Å²) in [4.78, 5) is 0. The van der Waals surface area contributed by atoms with Crippen molar-refractivity contribution >= 4 is 31.9 Å². The van der Waals surface area contributed by atoms with Crippen LogP contribution in [0.4, 0.5) is 0 Å². The number of hydrogen-bond donors (Lipinski definition) is 0. The number of halogens is 2. The van der Waals surface area contributed by atoms with E-state index < -0.39 is 0 Å². The summed E-state index contributed by atoms with van der Waals surface area (Å²) in [5.41, 5.74) is 0. The summed E-state index contributed by atoms with van der Waals surface area (Å²) in [6, 6.07) is 30.4. The molecule has 29 heavy (non-hydrogen) atoms. The summed E-state index contributed by atoms with van der Waals surface area (Å²) in [5.74, 6) is 4.46. The fourth-order valence-electron chi connectivity index (χ4n) is 2.60. The Kier molecular flexibility index (Phi) is 6.17. The SMILES string of the molecule is Brc1ccccc1Oc1ccc(Oc2ccc(Oc3ccccc3Br)cc2)cc1. The van der Waals surface area contributed by atoms with Crippen molar-refractivity contribution in [2.75, 3.05) is 0 Å². The molecular weight excluding hydrogens is 496 g/mol. The second kappa shape index (κ2) is 9.16. The second-order valence-electron chi connectivity index (χ2n) is 6.11. The van der Waals surface area contributed by atoms with Gasteiger partial charge in [-0.2, -0.15) is 0 Å². The third-order valence-electron chi connectivity index (χ3n) is 4.01. The number of ether oxygens (including phenoxy) is 3. The Balaban J connectivity index is 1.39. The van der Waals surface area contributed by atoms with Gasteiger partial charge in [-0.1, -0.05) is 24.3 Å². The van der Waals surface area contributed by atoms with E-state index in [-0.39, 0.29) is 0 Å². The molecule has 4 aromatic rings. The largest absolute Gasteiger partial charge is 0.457 e. The number of rotatable bonds is 6. The molecule has 4 rings (SSSR count). The Labute approximate surface area is 186 Å². The van der Waals surface area contributed by atoms with Gasteiger partial charge in [-0.15, -0.1) is 0 Å². The van der Waals surface area contributed by atoms with Crippen molar-refractivity contribution in [2.24, 2.45) is 0 Å². The van der Waals surface area contributed by atoms with Crippen molar-refractivity contribution in [2.45, 2.75) is 0 Å². The highest BCUT2D eigenvalue weighted by molar-refractivity contribution is 9.10. The molecule has 0 radical (unpaired) electrons. The molecule has 0 N–H and O–H groups in total. The second-order valence-corrected chi connectivity index (χ2v) is 7.82. The predicted molar refractivity (Wildman–Crippen MR) is 121 cm³/mol. The van der Waals surface area contributed by atoms with Crippen LogP contribution in [0.25, 0.3) is 0 Å². The molecule has 0 aliphatic carbocycles. The topological polar surface area (TPSA) is 27.7 Å². The van der Waals surface area contributed by atoms with E-state index in [1.165, 1.54) is 0 Å². The Bertz CT molecular complexity index is 1000. The Morgan fingerprint density at radius 2 is 0.690 bits per heavy atom. The third kappa shape index (κ3) is 5.19. The maximum Gasteiger partial charge on any atom is 0.141 e. The minimum absolute atomic E-state index is 0.726. The number of hydrogen-bond acceptors (Lipinski definition) is 3. The fraction of sp³-hybridized carbons (Fsp3) is 0. The zero-order valence-corrected chi connectivity index (χ0v) is 18.4. The van der Waals surface area contributed by atoms with Gasteiger partial charge in [-0.25, -0.2) is 0 Å². The minimum Gasteiger partial charge on any atom is -0.457 e. The molecule has 0 aliphatic heterocycles. The van der Waals surface area contributed by atoms with Crippen LogP contribution >= 0.6 is 31.9 Å². The first-order valence-electron chi connectivity index (χ1n) is 8.90. The quantitative estimate of drug-likeness (QED) is 0.259. The van der Waals surface area contributed by atoms with Crippen molar-refractivity contribution in [3.63, 3.8) is 0 Å². The predicted octanol–water partition coefficient (Wildman–Crippen LogP) is 8.59. The third-order valence-corrected chi connectivity index (χ3v) is 5.32. The van der Waals surface area contributed by atoms with Gasteiger partial charge in [0, 0.05) is 0 Å². The summed E-state index contributed by atoms with van der Waals surface area (Å²) in [6.07, 6.45) is 0. The lowest BCUT2D eigenvalue weighted by atomic mass is 10.3. The molecule has 3 nitrogen and oxygen atoms in total. The first-order chi connectivity index (χ1) is 14.2. The van der Waals surface area contributed by atoms with Crippen LogP contribution in [0.5, 0.6) is 34.5 Å². The van der Waals surface area contributed by atoms with E-state index in [1.807, 2.05) is 97.1 Å². The van der Waals surface area contributed by atoms with Gasteiger partial charge < -0.3 is 14.2 Å². The van der Waals surface area contributed by atoms with E-state index in [0.29, 0.717) is 0 Å². The highest BCUT2D eigenvalue weighted by Gasteiger charge is 2.05. The van der Waals surface area contributed by atoms with E-state index in [2.05, 4.69) is 31.9 Å². The first kappa shape index (κ1) is 19.6. The van der Waals surface area contributed by atoms with Gasteiger partial charge in [0.25, 0.3) is 0 Å². The van der Waals surface area contributed by atoms with E-state index in [4.69, 9.17) is 14.2 Å². The summed E-state index contributed by atoms with van der Waals surface area (Å²) < 4.78 is 19.5. The van der Waals surface area contributed by atoms with Gasteiger partial charge >= 0.3 is 0 Å². The van der Waals surface area contributed by atoms with Crippen molar-refractivity contribution in [1.29, 1.82) is 0 Å². The average molecular weight is 512 g/mol. The molecule has 0 aromatic heterocycles. The Hall–Kier alpha value is -2.76. The molecule has 0 heterocycles.